The van der Waals surface area contributed by atoms with Crippen molar-refractivity contribution in [2.75, 3.05) is 20.2 Å². The van der Waals surface area contributed by atoms with Gasteiger partial charge in [0.2, 0.25) is 0 Å². The van der Waals surface area contributed by atoms with Gasteiger partial charge in [-0.25, -0.2) is 8.78 Å². The molecule has 0 radical (unpaired) electrons. The topological polar surface area (TPSA) is 21.3 Å². The van der Waals surface area contributed by atoms with Crippen LogP contribution in [0.15, 0.2) is 12.1 Å². The van der Waals surface area contributed by atoms with Crippen LogP contribution >= 0.6 is 0 Å². The van der Waals surface area contributed by atoms with Gasteiger partial charge in [0.1, 0.15) is 5.75 Å². The number of methoxy groups -OCH3 is 1. The molecule has 2 nitrogen and oxygen atoms in total. The smallest absolute Gasteiger partial charge is 0.162 e. The molecule has 0 saturated carbocycles. The van der Waals surface area contributed by atoms with Crippen LogP contribution in [-0.4, -0.2) is 20.2 Å². The fourth-order valence-corrected chi connectivity index (χ4v) is 2.29. The summed E-state index contributed by atoms with van der Waals surface area (Å²) in [7, 11) is 1.46. The Balaban J connectivity index is 2.15. The SMILES string of the molecule is COc1cc(F)c(F)c(CC2CCCNC2)c1. The first-order chi connectivity index (χ1) is 8.20. The molecule has 0 bridgehead atoms. The van der Waals surface area contributed by atoms with Gasteiger partial charge in [0.05, 0.1) is 7.11 Å². The van der Waals surface area contributed by atoms with E-state index in [1.165, 1.54) is 7.11 Å². The van der Waals surface area contributed by atoms with Crippen LogP contribution in [0.2, 0.25) is 0 Å². The van der Waals surface area contributed by atoms with E-state index >= 15 is 0 Å². The summed E-state index contributed by atoms with van der Waals surface area (Å²) in [6.45, 7) is 1.89. The Morgan fingerprint density at radius 1 is 1.41 bits per heavy atom. The number of benzene rings is 1. The molecule has 1 heterocycles. The molecule has 0 spiro atoms. The largest absolute Gasteiger partial charge is 0.497 e. The zero-order chi connectivity index (χ0) is 12.3. The van der Waals surface area contributed by atoms with Gasteiger partial charge in [-0.1, -0.05) is 0 Å². The molecule has 4 heteroatoms. The van der Waals surface area contributed by atoms with E-state index in [4.69, 9.17) is 4.74 Å². The number of piperidine rings is 1. The zero-order valence-corrected chi connectivity index (χ0v) is 9.93. The van der Waals surface area contributed by atoms with E-state index < -0.39 is 11.6 Å². The summed E-state index contributed by atoms with van der Waals surface area (Å²) in [6.07, 6.45) is 2.72. The number of hydrogen-bond donors (Lipinski definition) is 1. The van der Waals surface area contributed by atoms with Gasteiger partial charge in [0.15, 0.2) is 11.6 Å². The number of nitrogens with one attached hydrogen (secondary N) is 1. The molecule has 1 atom stereocenters. The second kappa shape index (κ2) is 5.45. The van der Waals surface area contributed by atoms with Gasteiger partial charge in [-0.3, -0.25) is 0 Å². The minimum Gasteiger partial charge on any atom is -0.497 e. The van der Waals surface area contributed by atoms with Crippen LogP contribution in [0.4, 0.5) is 8.78 Å². The molecule has 1 aromatic rings. The lowest BCUT2D eigenvalue weighted by Crippen LogP contribution is -2.31. The van der Waals surface area contributed by atoms with E-state index in [0.717, 1.165) is 32.0 Å². The first-order valence-corrected chi connectivity index (χ1v) is 5.93. The zero-order valence-electron chi connectivity index (χ0n) is 9.93. The summed E-state index contributed by atoms with van der Waals surface area (Å²) in [5.74, 6) is -0.813. The van der Waals surface area contributed by atoms with Gasteiger partial charge < -0.3 is 10.1 Å². The summed E-state index contributed by atoms with van der Waals surface area (Å²) in [5, 5.41) is 3.27. The molecule has 1 aliphatic rings. The van der Waals surface area contributed by atoms with E-state index in [0.29, 0.717) is 23.7 Å². The molecule has 0 amide bonds. The van der Waals surface area contributed by atoms with Crippen LogP contribution in [0.3, 0.4) is 0 Å². The van der Waals surface area contributed by atoms with E-state index in [2.05, 4.69) is 5.32 Å². The molecule has 1 fully saturated rings. The van der Waals surface area contributed by atoms with Crippen molar-refractivity contribution in [3.05, 3.63) is 29.3 Å². The van der Waals surface area contributed by atoms with E-state index in [9.17, 15) is 8.78 Å². The summed E-state index contributed by atoms with van der Waals surface area (Å²) in [6, 6.07) is 2.67. The maximum atomic E-state index is 13.6. The Bertz CT molecular complexity index is 389. The highest BCUT2D eigenvalue weighted by Gasteiger charge is 2.18. The van der Waals surface area contributed by atoms with Crippen molar-refractivity contribution in [1.82, 2.24) is 5.32 Å². The molecule has 1 saturated heterocycles. The van der Waals surface area contributed by atoms with Gasteiger partial charge in [0.25, 0.3) is 0 Å². The second-order valence-corrected chi connectivity index (χ2v) is 4.50. The third-order valence-corrected chi connectivity index (χ3v) is 3.22. The van der Waals surface area contributed by atoms with Gasteiger partial charge in [-0.05, 0) is 49.9 Å². The predicted octanol–water partition coefficient (Wildman–Crippen LogP) is 2.52. The normalized spacial score (nSPS) is 20.3. The van der Waals surface area contributed by atoms with Crippen molar-refractivity contribution < 1.29 is 13.5 Å². The summed E-state index contributed by atoms with van der Waals surface area (Å²) in [4.78, 5) is 0. The fourth-order valence-electron chi connectivity index (χ4n) is 2.29. The standard InChI is InChI=1S/C13H17F2NO/c1-17-11-6-10(13(15)12(14)7-11)5-9-3-2-4-16-8-9/h6-7,9,16H,2-5,8H2,1H3. The van der Waals surface area contributed by atoms with Crippen LogP contribution in [0.1, 0.15) is 18.4 Å². The highest BCUT2D eigenvalue weighted by atomic mass is 19.2. The Labute approximate surface area is 100.0 Å². The Kier molecular flexibility index (Phi) is 3.94. The number of rotatable bonds is 3. The van der Waals surface area contributed by atoms with E-state index in [1.54, 1.807) is 6.07 Å². The first kappa shape index (κ1) is 12.3. The van der Waals surface area contributed by atoms with Crippen LogP contribution in [0.5, 0.6) is 5.75 Å². The van der Waals surface area contributed by atoms with Crippen LogP contribution in [-0.2, 0) is 6.42 Å². The molecule has 1 unspecified atom stereocenters. The lowest BCUT2D eigenvalue weighted by atomic mass is 9.92. The van der Waals surface area contributed by atoms with Gasteiger partial charge >= 0.3 is 0 Å². The quantitative estimate of drug-likeness (QED) is 0.878. The lowest BCUT2D eigenvalue weighted by Gasteiger charge is -2.23. The molecule has 94 valence electrons. The van der Waals surface area contributed by atoms with Crippen LogP contribution in [0.25, 0.3) is 0 Å². The molecule has 1 aromatic carbocycles. The maximum Gasteiger partial charge on any atom is 0.162 e. The third kappa shape index (κ3) is 2.94. The molecule has 1 aliphatic heterocycles. The predicted molar refractivity (Wildman–Crippen MR) is 62.2 cm³/mol. The molecule has 1 N–H and O–H groups in total. The van der Waals surface area contributed by atoms with Gasteiger partial charge in [-0.15, -0.1) is 0 Å². The number of ether oxygens (including phenoxy) is 1. The maximum absolute atomic E-state index is 13.6. The summed E-state index contributed by atoms with van der Waals surface area (Å²) in [5.41, 5.74) is 0.413. The number of halogens is 2. The van der Waals surface area contributed by atoms with Crippen molar-refractivity contribution in [3.63, 3.8) is 0 Å². The first-order valence-electron chi connectivity index (χ1n) is 5.93. The van der Waals surface area contributed by atoms with Gasteiger partial charge in [-0.2, -0.15) is 0 Å². The van der Waals surface area contributed by atoms with Crippen molar-refractivity contribution in [3.8, 4) is 5.75 Å². The summed E-state index contributed by atoms with van der Waals surface area (Å²) < 4.78 is 31.9. The third-order valence-electron chi connectivity index (χ3n) is 3.22. The number of hydrogen-bond acceptors (Lipinski definition) is 2. The minimum absolute atomic E-state index is 0.377. The molecular weight excluding hydrogens is 224 g/mol. The Morgan fingerprint density at radius 3 is 2.88 bits per heavy atom. The Morgan fingerprint density at radius 2 is 2.24 bits per heavy atom. The highest BCUT2D eigenvalue weighted by molar-refractivity contribution is 5.31. The molecule has 2 rings (SSSR count). The molecule has 17 heavy (non-hydrogen) atoms. The summed E-state index contributed by atoms with van der Waals surface area (Å²) >= 11 is 0. The second-order valence-electron chi connectivity index (χ2n) is 4.50. The van der Waals surface area contributed by atoms with E-state index in [1.807, 2.05) is 0 Å². The van der Waals surface area contributed by atoms with Crippen molar-refractivity contribution >= 4 is 0 Å². The van der Waals surface area contributed by atoms with Crippen molar-refractivity contribution in [2.45, 2.75) is 19.3 Å². The van der Waals surface area contributed by atoms with Gasteiger partial charge in [0, 0.05) is 6.07 Å². The average molecular weight is 241 g/mol. The van der Waals surface area contributed by atoms with E-state index in [-0.39, 0.29) is 0 Å². The van der Waals surface area contributed by atoms with Crippen molar-refractivity contribution in [1.29, 1.82) is 0 Å². The van der Waals surface area contributed by atoms with Crippen LogP contribution in [0, 0.1) is 17.6 Å². The lowest BCUT2D eigenvalue weighted by molar-refractivity contribution is 0.365. The Hall–Kier alpha value is -1.16. The molecule has 0 aromatic heterocycles. The van der Waals surface area contributed by atoms with Crippen LogP contribution < -0.4 is 10.1 Å². The molecule has 0 aliphatic carbocycles. The average Bonchev–Trinajstić information content (AvgIpc) is 2.36. The fraction of sp³-hybridized carbons (Fsp3) is 0.538. The molecular formula is C13H17F2NO. The minimum atomic E-state index is -0.830. The highest BCUT2D eigenvalue weighted by Crippen LogP contribution is 2.24. The van der Waals surface area contributed by atoms with Crippen molar-refractivity contribution in [2.24, 2.45) is 5.92 Å². The monoisotopic (exact) mass is 241 g/mol.